The number of hydrogen-bond donors (Lipinski definition) is 1. The van der Waals surface area contributed by atoms with Gasteiger partial charge in [0.2, 0.25) is 0 Å². The van der Waals surface area contributed by atoms with Gasteiger partial charge in [0, 0.05) is 18.9 Å². The molecule has 1 aliphatic rings. The molecule has 0 radical (unpaired) electrons. The van der Waals surface area contributed by atoms with E-state index in [1.54, 1.807) is 6.20 Å². The topological polar surface area (TPSA) is 48.1 Å². The third-order valence-electron chi connectivity index (χ3n) is 3.62. The van der Waals surface area contributed by atoms with Gasteiger partial charge in [-0.3, -0.25) is 4.98 Å². The molecule has 1 aromatic carbocycles. The van der Waals surface area contributed by atoms with Crippen LogP contribution in [-0.2, 0) is 6.54 Å². The molecule has 0 bridgehead atoms. The van der Waals surface area contributed by atoms with Gasteiger partial charge in [0.1, 0.15) is 5.75 Å². The molecule has 0 atom stereocenters. The zero-order chi connectivity index (χ0) is 13.1. The number of nitrogens with zero attached hydrogens (tertiary/aromatic N) is 1. The van der Waals surface area contributed by atoms with Gasteiger partial charge in [-0.25, -0.2) is 0 Å². The summed E-state index contributed by atoms with van der Waals surface area (Å²) in [6.07, 6.45) is 7.66. The Morgan fingerprint density at radius 2 is 2.16 bits per heavy atom. The second-order valence-electron chi connectivity index (χ2n) is 4.94. The number of aromatic nitrogens is 1. The Kier molecular flexibility index (Phi) is 3.47. The lowest BCUT2D eigenvalue weighted by Crippen LogP contribution is -2.24. The first kappa shape index (κ1) is 12.2. The van der Waals surface area contributed by atoms with Crippen LogP contribution in [0, 0.1) is 0 Å². The predicted molar refractivity (Wildman–Crippen MR) is 75.8 cm³/mol. The number of hydrogen-bond acceptors (Lipinski definition) is 3. The first-order valence-corrected chi connectivity index (χ1v) is 6.77. The summed E-state index contributed by atoms with van der Waals surface area (Å²) in [6, 6.07) is 10.2. The number of pyridine rings is 1. The van der Waals surface area contributed by atoms with E-state index in [2.05, 4.69) is 17.1 Å². The van der Waals surface area contributed by atoms with Gasteiger partial charge in [-0.1, -0.05) is 12.1 Å². The molecule has 98 valence electrons. The minimum atomic E-state index is 0.404. The molecule has 3 heteroatoms. The lowest BCUT2D eigenvalue weighted by molar-refractivity contribution is 0.120. The van der Waals surface area contributed by atoms with Crippen LogP contribution in [0.1, 0.15) is 24.8 Å². The molecule has 19 heavy (non-hydrogen) atoms. The molecule has 2 N–H and O–H groups in total. The normalized spacial score (nSPS) is 15.0. The van der Waals surface area contributed by atoms with Crippen molar-refractivity contribution < 1.29 is 4.74 Å². The van der Waals surface area contributed by atoms with Crippen LogP contribution in [0.2, 0.25) is 0 Å². The van der Waals surface area contributed by atoms with E-state index >= 15 is 0 Å². The molecule has 0 unspecified atom stereocenters. The molecule has 0 saturated heterocycles. The monoisotopic (exact) mass is 254 g/mol. The Hall–Kier alpha value is -1.87. The quantitative estimate of drug-likeness (QED) is 0.911. The van der Waals surface area contributed by atoms with E-state index < -0.39 is 0 Å². The SMILES string of the molecule is NCc1cnccc1-c1cccc(OC2CCC2)c1. The van der Waals surface area contributed by atoms with Crippen molar-refractivity contribution in [2.45, 2.75) is 31.9 Å². The van der Waals surface area contributed by atoms with Crippen LogP contribution in [0.15, 0.2) is 42.7 Å². The maximum atomic E-state index is 5.94. The minimum Gasteiger partial charge on any atom is -0.490 e. The summed E-state index contributed by atoms with van der Waals surface area (Å²) in [5.74, 6) is 0.946. The average Bonchev–Trinajstić information content (AvgIpc) is 2.43. The van der Waals surface area contributed by atoms with Crippen molar-refractivity contribution in [1.82, 2.24) is 4.98 Å². The van der Waals surface area contributed by atoms with Gasteiger partial charge in [-0.15, -0.1) is 0 Å². The lowest BCUT2D eigenvalue weighted by Gasteiger charge is -2.26. The Morgan fingerprint density at radius 1 is 1.26 bits per heavy atom. The van der Waals surface area contributed by atoms with Crippen molar-refractivity contribution in [1.29, 1.82) is 0 Å². The number of ether oxygens (including phenoxy) is 1. The molecule has 0 amide bonds. The molecule has 1 aliphatic carbocycles. The van der Waals surface area contributed by atoms with Gasteiger partial charge in [0.05, 0.1) is 6.10 Å². The molecular weight excluding hydrogens is 236 g/mol. The van der Waals surface area contributed by atoms with Crippen molar-refractivity contribution in [3.05, 3.63) is 48.3 Å². The van der Waals surface area contributed by atoms with Gasteiger partial charge < -0.3 is 10.5 Å². The molecule has 3 nitrogen and oxygen atoms in total. The summed E-state index contributed by atoms with van der Waals surface area (Å²) in [4.78, 5) is 4.12. The summed E-state index contributed by atoms with van der Waals surface area (Å²) >= 11 is 0. The number of rotatable bonds is 4. The molecule has 1 aromatic heterocycles. The third-order valence-corrected chi connectivity index (χ3v) is 3.62. The van der Waals surface area contributed by atoms with Gasteiger partial charge >= 0.3 is 0 Å². The second-order valence-corrected chi connectivity index (χ2v) is 4.94. The fraction of sp³-hybridized carbons (Fsp3) is 0.312. The van der Waals surface area contributed by atoms with Gasteiger partial charge in [0.25, 0.3) is 0 Å². The van der Waals surface area contributed by atoms with E-state index in [1.165, 1.54) is 19.3 Å². The summed E-state index contributed by atoms with van der Waals surface area (Å²) in [5.41, 5.74) is 9.10. The van der Waals surface area contributed by atoms with Crippen molar-refractivity contribution in [3.63, 3.8) is 0 Å². The van der Waals surface area contributed by atoms with Gasteiger partial charge in [-0.2, -0.15) is 0 Å². The minimum absolute atomic E-state index is 0.404. The van der Waals surface area contributed by atoms with Crippen LogP contribution in [0.5, 0.6) is 5.75 Å². The fourth-order valence-electron chi connectivity index (χ4n) is 2.29. The van der Waals surface area contributed by atoms with E-state index in [4.69, 9.17) is 10.5 Å². The van der Waals surface area contributed by atoms with E-state index in [-0.39, 0.29) is 0 Å². The largest absolute Gasteiger partial charge is 0.490 e. The Labute approximate surface area is 113 Å². The standard InChI is InChI=1S/C16H18N2O/c17-10-13-11-18-8-7-16(13)12-3-1-6-15(9-12)19-14-4-2-5-14/h1,3,6-9,11,14H,2,4-5,10,17H2. The molecule has 3 rings (SSSR count). The van der Waals surface area contributed by atoms with Gasteiger partial charge in [-0.05, 0) is 54.2 Å². The van der Waals surface area contributed by atoms with Gasteiger partial charge in [0.15, 0.2) is 0 Å². The maximum Gasteiger partial charge on any atom is 0.120 e. The highest BCUT2D eigenvalue weighted by atomic mass is 16.5. The van der Waals surface area contributed by atoms with Crippen molar-refractivity contribution in [2.75, 3.05) is 0 Å². The van der Waals surface area contributed by atoms with E-state index in [9.17, 15) is 0 Å². The molecule has 1 fully saturated rings. The molecule has 1 heterocycles. The van der Waals surface area contributed by atoms with Crippen LogP contribution in [-0.4, -0.2) is 11.1 Å². The Balaban J connectivity index is 1.89. The highest BCUT2D eigenvalue weighted by molar-refractivity contribution is 5.68. The maximum absolute atomic E-state index is 5.94. The fourth-order valence-corrected chi connectivity index (χ4v) is 2.29. The molecule has 2 aromatic rings. The highest BCUT2D eigenvalue weighted by Gasteiger charge is 2.19. The molecule has 1 saturated carbocycles. The van der Waals surface area contributed by atoms with Crippen LogP contribution < -0.4 is 10.5 Å². The van der Waals surface area contributed by atoms with E-state index in [0.29, 0.717) is 12.6 Å². The average molecular weight is 254 g/mol. The van der Waals surface area contributed by atoms with Crippen LogP contribution >= 0.6 is 0 Å². The smallest absolute Gasteiger partial charge is 0.120 e. The Bertz CT molecular complexity index is 564. The summed E-state index contributed by atoms with van der Waals surface area (Å²) in [7, 11) is 0. The van der Waals surface area contributed by atoms with Crippen LogP contribution in [0.3, 0.4) is 0 Å². The zero-order valence-corrected chi connectivity index (χ0v) is 10.9. The first-order chi connectivity index (χ1) is 9.36. The first-order valence-electron chi connectivity index (χ1n) is 6.77. The van der Waals surface area contributed by atoms with Crippen molar-refractivity contribution in [2.24, 2.45) is 5.73 Å². The number of benzene rings is 1. The second kappa shape index (κ2) is 5.41. The Morgan fingerprint density at radius 3 is 2.89 bits per heavy atom. The van der Waals surface area contributed by atoms with Crippen LogP contribution in [0.4, 0.5) is 0 Å². The zero-order valence-electron chi connectivity index (χ0n) is 10.9. The molecule has 0 spiro atoms. The summed E-state index contributed by atoms with van der Waals surface area (Å²) < 4.78 is 5.94. The summed E-state index contributed by atoms with van der Waals surface area (Å²) in [6.45, 7) is 0.497. The van der Waals surface area contributed by atoms with Crippen molar-refractivity contribution in [3.8, 4) is 16.9 Å². The molecule has 0 aliphatic heterocycles. The highest BCUT2D eigenvalue weighted by Crippen LogP contribution is 2.29. The summed E-state index contributed by atoms with van der Waals surface area (Å²) in [5, 5.41) is 0. The predicted octanol–water partition coefficient (Wildman–Crippen LogP) is 3.14. The van der Waals surface area contributed by atoms with Crippen molar-refractivity contribution >= 4 is 0 Å². The molecular formula is C16H18N2O. The van der Waals surface area contributed by atoms with Crippen LogP contribution in [0.25, 0.3) is 11.1 Å². The number of nitrogens with two attached hydrogens (primary N) is 1. The third kappa shape index (κ3) is 2.61. The van der Waals surface area contributed by atoms with E-state index in [1.807, 2.05) is 24.4 Å². The van der Waals surface area contributed by atoms with E-state index in [0.717, 1.165) is 22.4 Å². The lowest BCUT2D eigenvalue weighted by atomic mass is 9.96.